The fourth-order valence-corrected chi connectivity index (χ4v) is 3.18. The highest BCUT2D eigenvalue weighted by Crippen LogP contribution is 2.37. The number of aromatic carboxylic acids is 1. The maximum Gasteiger partial charge on any atom is 0.352 e. The minimum atomic E-state index is -0.903. The van der Waals surface area contributed by atoms with Crippen molar-refractivity contribution in [2.24, 2.45) is 0 Å². The minimum Gasteiger partial charge on any atom is -0.493 e. The Balaban J connectivity index is 1.82. The summed E-state index contributed by atoms with van der Waals surface area (Å²) in [5.41, 5.74) is 3.63. The van der Waals surface area contributed by atoms with Crippen LogP contribution in [0.1, 0.15) is 39.6 Å². The lowest BCUT2D eigenvalue weighted by Crippen LogP contribution is -2.00. The average Bonchev–Trinajstić information content (AvgIpc) is 3.09. The van der Waals surface area contributed by atoms with Gasteiger partial charge in [0.2, 0.25) is 0 Å². The number of carboxylic acid groups (broad SMARTS) is 1. The van der Waals surface area contributed by atoms with Crippen molar-refractivity contribution >= 4 is 5.97 Å². The summed E-state index contributed by atoms with van der Waals surface area (Å²) in [4.78, 5) is 14.1. The van der Waals surface area contributed by atoms with Crippen LogP contribution >= 0.6 is 0 Å². The number of aromatic amines is 1. The van der Waals surface area contributed by atoms with Crippen molar-refractivity contribution in [2.75, 3.05) is 14.2 Å². The number of carboxylic acids is 1. The Morgan fingerprint density at radius 2 is 2.05 bits per heavy atom. The van der Waals surface area contributed by atoms with E-state index < -0.39 is 5.97 Å². The summed E-state index contributed by atoms with van der Waals surface area (Å²) in [6, 6.07) is 7.70. The Hall–Kier alpha value is -2.43. The quantitative estimate of drug-likeness (QED) is 0.890. The van der Waals surface area contributed by atoms with Crippen molar-refractivity contribution in [2.45, 2.75) is 25.2 Å². The highest BCUT2D eigenvalue weighted by atomic mass is 16.5. The van der Waals surface area contributed by atoms with Crippen LogP contribution in [0, 0.1) is 0 Å². The van der Waals surface area contributed by atoms with Gasteiger partial charge in [0.25, 0.3) is 0 Å². The Morgan fingerprint density at radius 1 is 1.27 bits per heavy atom. The van der Waals surface area contributed by atoms with Crippen molar-refractivity contribution in [1.29, 1.82) is 0 Å². The molecule has 1 aromatic carbocycles. The minimum absolute atomic E-state index is 0.280. The molecule has 0 saturated carbocycles. The van der Waals surface area contributed by atoms with Crippen LogP contribution in [0.4, 0.5) is 0 Å². The molecule has 0 spiro atoms. The summed E-state index contributed by atoms with van der Waals surface area (Å²) in [7, 11) is 3.24. The molecule has 0 saturated heterocycles. The van der Waals surface area contributed by atoms with Gasteiger partial charge in [-0.05, 0) is 54.5 Å². The van der Waals surface area contributed by atoms with Gasteiger partial charge in [0.05, 0.1) is 14.2 Å². The Labute approximate surface area is 128 Å². The van der Waals surface area contributed by atoms with Crippen LogP contribution in [0.2, 0.25) is 0 Å². The third-order valence-electron chi connectivity index (χ3n) is 4.28. The van der Waals surface area contributed by atoms with E-state index in [9.17, 15) is 4.79 Å². The second kappa shape index (κ2) is 5.75. The molecule has 0 amide bonds. The molecule has 5 heteroatoms. The van der Waals surface area contributed by atoms with Crippen LogP contribution in [0.15, 0.2) is 24.3 Å². The van der Waals surface area contributed by atoms with Gasteiger partial charge in [0.1, 0.15) is 5.69 Å². The number of hydrogen-bond donors (Lipinski definition) is 2. The number of H-pyrrole nitrogens is 1. The van der Waals surface area contributed by atoms with Crippen LogP contribution in [-0.2, 0) is 12.8 Å². The zero-order chi connectivity index (χ0) is 15.7. The van der Waals surface area contributed by atoms with Crippen LogP contribution in [0.3, 0.4) is 0 Å². The van der Waals surface area contributed by atoms with E-state index in [1.807, 2.05) is 18.2 Å². The average molecular weight is 301 g/mol. The number of aromatic nitrogens is 1. The molecule has 0 bridgehead atoms. The molecule has 0 fully saturated rings. The van der Waals surface area contributed by atoms with Gasteiger partial charge < -0.3 is 19.6 Å². The first-order chi connectivity index (χ1) is 10.6. The molecule has 1 unspecified atom stereocenters. The number of methoxy groups -OCH3 is 2. The maximum absolute atomic E-state index is 11.1. The van der Waals surface area contributed by atoms with Gasteiger partial charge in [0, 0.05) is 5.69 Å². The number of hydrogen-bond acceptors (Lipinski definition) is 3. The molecule has 116 valence electrons. The highest BCUT2D eigenvalue weighted by molar-refractivity contribution is 5.86. The second-order valence-electron chi connectivity index (χ2n) is 5.55. The number of rotatable bonds is 5. The van der Waals surface area contributed by atoms with Gasteiger partial charge in [0.15, 0.2) is 11.5 Å². The third-order valence-corrected chi connectivity index (χ3v) is 4.28. The predicted octanol–water partition coefficient (Wildman–Crippen LogP) is 3.00. The molecule has 2 aromatic rings. The molecule has 22 heavy (non-hydrogen) atoms. The van der Waals surface area contributed by atoms with E-state index in [1.54, 1.807) is 20.3 Å². The molecule has 0 aliphatic heterocycles. The molecule has 0 radical (unpaired) electrons. The van der Waals surface area contributed by atoms with Gasteiger partial charge in [-0.1, -0.05) is 6.07 Å². The fourth-order valence-electron chi connectivity index (χ4n) is 3.18. The van der Waals surface area contributed by atoms with Gasteiger partial charge >= 0.3 is 5.97 Å². The van der Waals surface area contributed by atoms with Crippen molar-refractivity contribution in [1.82, 2.24) is 4.98 Å². The first-order valence-corrected chi connectivity index (χ1v) is 7.28. The second-order valence-corrected chi connectivity index (χ2v) is 5.55. The lowest BCUT2D eigenvalue weighted by Gasteiger charge is -2.13. The van der Waals surface area contributed by atoms with E-state index in [2.05, 4.69) is 4.98 Å². The van der Waals surface area contributed by atoms with E-state index in [-0.39, 0.29) is 5.69 Å². The monoisotopic (exact) mass is 301 g/mol. The SMILES string of the molecule is COc1ccc(CC2CCc3[nH]c(C(=O)O)cc32)cc1OC. The lowest BCUT2D eigenvalue weighted by molar-refractivity contribution is 0.0691. The van der Waals surface area contributed by atoms with Crippen LogP contribution in [0.5, 0.6) is 11.5 Å². The molecule has 5 nitrogen and oxygen atoms in total. The Morgan fingerprint density at radius 3 is 2.73 bits per heavy atom. The Bertz CT molecular complexity index is 705. The number of fused-ring (bicyclic) bond motifs is 1. The summed E-state index contributed by atoms with van der Waals surface area (Å²) in [5.74, 6) is 0.878. The molecule has 1 atom stereocenters. The Kier molecular flexibility index (Phi) is 3.79. The molecule has 1 aromatic heterocycles. The number of ether oxygens (including phenoxy) is 2. The summed E-state index contributed by atoms with van der Waals surface area (Å²) in [6.07, 6.45) is 2.81. The van der Waals surface area contributed by atoms with Gasteiger partial charge in [-0.25, -0.2) is 4.79 Å². The van der Waals surface area contributed by atoms with Crippen molar-refractivity contribution < 1.29 is 19.4 Å². The third kappa shape index (κ3) is 2.54. The zero-order valence-electron chi connectivity index (χ0n) is 12.7. The topological polar surface area (TPSA) is 71.6 Å². The smallest absolute Gasteiger partial charge is 0.352 e. The van der Waals surface area contributed by atoms with Crippen molar-refractivity contribution in [3.8, 4) is 11.5 Å². The van der Waals surface area contributed by atoms with E-state index in [0.29, 0.717) is 11.7 Å². The highest BCUT2D eigenvalue weighted by Gasteiger charge is 2.26. The molecule has 2 N–H and O–H groups in total. The number of benzene rings is 1. The van der Waals surface area contributed by atoms with Gasteiger partial charge in [-0.15, -0.1) is 0 Å². The number of carbonyl (C=O) groups is 1. The number of aryl methyl sites for hydroxylation is 1. The van der Waals surface area contributed by atoms with Gasteiger partial charge in [-0.2, -0.15) is 0 Å². The predicted molar refractivity (Wildman–Crippen MR) is 82.1 cm³/mol. The van der Waals surface area contributed by atoms with E-state index >= 15 is 0 Å². The summed E-state index contributed by atoms with van der Waals surface area (Å²) < 4.78 is 10.6. The molecule has 3 rings (SSSR count). The van der Waals surface area contributed by atoms with Crippen molar-refractivity contribution in [3.05, 3.63) is 46.8 Å². The van der Waals surface area contributed by atoms with Crippen LogP contribution in [0.25, 0.3) is 0 Å². The molecular formula is C17H19NO4. The first-order valence-electron chi connectivity index (χ1n) is 7.28. The zero-order valence-corrected chi connectivity index (χ0v) is 12.7. The van der Waals surface area contributed by atoms with Crippen LogP contribution < -0.4 is 9.47 Å². The normalized spacial score (nSPS) is 16.4. The fraction of sp³-hybridized carbons (Fsp3) is 0.353. The molecule has 1 aliphatic rings. The van der Waals surface area contributed by atoms with Gasteiger partial charge in [-0.3, -0.25) is 0 Å². The number of nitrogens with one attached hydrogen (secondary N) is 1. The molecule has 1 aliphatic carbocycles. The summed E-state index contributed by atoms with van der Waals surface area (Å²) >= 11 is 0. The van der Waals surface area contributed by atoms with E-state index in [1.165, 1.54) is 0 Å². The molecule has 1 heterocycles. The van der Waals surface area contributed by atoms with Crippen molar-refractivity contribution in [3.63, 3.8) is 0 Å². The maximum atomic E-state index is 11.1. The largest absolute Gasteiger partial charge is 0.493 e. The van der Waals surface area contributed by atoms with E-state index in [0.717, 1.165) is 41.8 Å². The lowest BCUT2D eigenvalue weighted by atomic mass is 9.94. The van der Waals surface area contributed by atoms with Crippen LogP contribution in [-0.4, -0.2) is 30.3 Å². The summed E-state index contributed by atoms with van der Waals surface area (Å²) in [6.45, 7) is 0. The summed E-state index contributed by atoms with van der Waals surface area (Å²) in [5, 5.41) is 9.08. The standard InChI is InChI=1S/C17H19NO4/c1-21-15-6-3-10(8-16(15)22-2)7-11-4-5-13-12(11)9-14(18-13)17(19)20/h3,6,8-9,11,18H,4-5,7H2,1-2H3,(H,19,20). The van der Waals surface area contributed by atoms with E-state index in [4.69, 9.17) is 14.6 Å². The first kappa shape index (κ1) is 14.5. The molecular weight excluding hydrogens is 282 g/mol.